The molecule has 1 fully saturated rings. The standard InChI is InChI=1S/C18H24Cl2N2O2/c1-13-3-2-10-22(12-13)18(24)8-9-21-17(23)7-5-14-4-6-15(19)11-16(14)20/h4,6,11,13H,2-3,5,7-10,12H2,1H3,(H,21,23). The molecule has 1 aromatic rings. The SMILES string of the molecule is CC1CCCN(C(=O)CCNC(=O)CCc2ccc(Cl)cc2Cl)C1. The van der Waals surface area contributed by atoms with Gasteiger partial charge in [0.1, 0.15) is 0 Å². The Balaban J connectivity index is 1.66. The van der Waals surface area contributed by atoms with Gasteiger partial charge >= 0.3 is 0 Å². The number of carbonyl (C=O) groups excluding carboxylic acids is 2. The van der Waals surface area contributed by atoms with E-state index in [2.05, 4.69) is 12.2 Å². The Morgan fingerprint density at radius 1 is 1.29 bits per heavy atom. The van der Waals surface area contributed by atoms with Crippen molar-refractivity contribution in [3.8, 4) is 0 Å². The molecule has 1 N–H and O–H groups in total. The number of piperidine rings is 1. The summed E-state index contributed by atoms with van der Waals surface area (Å²) in [5, 5.41) is 3.97. The number of benzene rings is 1. The van der Waals surface area contributed by atoms with Gasteiger partial charge in [0.2, 0.25) is 11.8 Å². The zero-order chi connectivity index (χ0) is 17.5. The van der Waals surface area contributed by atoms with E-state index in [-0.39, 0.29) is 11.8 Å². The van der Waals surface area contributed by atoms with Crippen LogP contribution < -0.4 is 5.32 Å². The van der Waals surface area contributed by atoms with Crippen LogP contribution in [-0.4, -0.2) is 36.3 Å². The highest BCUT2D eigenvalue weighted by molar-refractivity contribution is 6.35. The first kappa shape index (κ1) is 19.1. The molecule has 1 aliphatic rings. The molecule has 0 spiro atoms. The molecule has 1 heterocycles. The van der Waals surface area contributed by atoms with E-state index in [9.17, 15) is 9.59 Å². The minimum Gasteiger partial charge on any atom is -0.356 e. The fourth-order valence-corrected chi connectivity index (χ4v) is 3.45. The molecule has 0 radical (unpaired) electrons. The van der Waals surface area contributed by atoms with Crippen LogP contribution in [0.5, 0.6) is 0 Å². The van der Waals surface area contributed by atoms with Gasteiger partial charge in [0.05, 0.1) is 0 Å². The first-order valence-corrected chi connectivity index (χ1v) is 9.19. The van der Waals surface area contributed by atoms with Crippen LogP contribution in [0, 0.1) is 5.92 Å². The molecular weight excluding hydrogens is 347 g/mol. The largest absolute Gasteiger partial charge is 0.356 e. The van der Waals surface area contributed by atoms with E-state index in [0.717, 1.165) is 25.1 Å². The number of halogens is 2. The number of rotatable bonds is 6. The average molecular weight is 371 g/mol. The third-order valence-electron chi connectivity index (χ3n) is 4.31. The third-order valence-corrected chi connectivity index (χ3v) is 4.89. The van der Waals surface area contributed by atoms with Gasteiger partial charge in [-0.15, -0.1) is 0 Å². The molecule has 0 aromatic heterocycles. The zero-order valence-corrected chi connectivity index (χ0v) is 15.5. The Bertz CT molecular complexity index is 592. The number of likely N-dealkylation sites (tertiary alicyclic amines) is 1. The lowest BCUT2D eigenvalue weighted by Crippen LogP contribution is -2.40. The molecule has 1 atom stereocenters. The molecule has 0 aliphatic carbocycles. The smallest absolute Gasteiger partial charge is 0.224 e. The number of carbonyl (C=O) groups is 2. The van der Waals surface area contributed by atoms with Crippen molar-refractivity contribution in [3.63, 3.8) is 0 Å². The Morgan fingerprint density at radius 3 is 2.79 bits per heavy atom. The van der Waals surface area contributed by atoms with E-state index >= 15 is 0 Å². The van der Waals surface area contributed by atoms with Crippen LogP contribution in [0.2, 0.25) is 10.0 Å². The van der Waals surface area contributed by atoms with Crippen LogP contribution in [0.1, 0.15) is 38.2 Å². The molecule has 1 aliphatic heterocycles. The maximum Gasteiger partial charge on any atom is 0.224 e. The number of hydrogen-bond acceptors (Lipinski definition) is 2. The molecular formula is C18H24Cl2N2O2. The van der Waals surface area contributed by atoms with E-state index in [4.69, 9.17) is 23.2 Å². The highest BCUT2D eigenvalue weighted by Crippen LogP contribution is 2.22. The lowest BCUT2D eigenvalue weighted by atomic mass is 10.00. The summed E-state index contributed by atoms with van der Waals surface area (Å²) in [6.45, 7) is 4.23. The van der Waals surface area contributed by atoms with Crippen molar-refractivity contribution in [3.05, 3.63) is 33.8 Å². The highest BCUT2D eigenvalue weighted by atomic mass is 35.5. The van der Waals surface area contributed by atoms with Crippen LogP contribution in [0.15, 0.2) is 18.2 Å². The Kier molecular flexibility index (Phi) is 7.38. The summed E-state index contributed by atoms with van der Waals surface area (Å²) in [4.78, 5) is 25.9. The first-order chi connectivity index (χ1) is 11.5. The second-order valence-corrected chi connectivity index (χ2v) is 7.27. The minimum atomic E-state index is -0.0687. The van der Waals surface area contributed by atoms with Crippen molar-refractivity contribution in [1.82, 2.24) is 10.2 Å². The van der Waals surface area contributed by atoms with E-state index in [1.54, 1.807) is 12.1 Å². The Labute approximate surface area is 153 Å². The minimum absolute atomic E-state index is 0.0687. The summed E-state index contributed by atoms with van der Waals surface area (Å²) in [7, 11) is 0. The molecule has 2 amide bonds. The van der Waals surface area contributed by atoms with E-state index < -0.39 is 0 Å². The fraction of sp³-hybridized carbons (Fsp3) is 0.556. The molecule has 4 nitrogen and oxygen atoms in total. The third kappa shape index (κ3) is 5.99. The molecule has 132 valence electrons. The van der Waals surface area contributed by atoms with Gasteiger partial charge in [-0.1, -0.05) is 36.2 Å². The average Bonchev–Trinajstić information content (AvgIpc) is 2.54. The van der Waals surface area contributed by atoms with Crippen molar-refractivity contribution in [1.29, 1.82) is 0 Å². The van der Waals surface area contributed by atoms with Gasteiger partial charge in [-0.05, 0) is 42.9 Å². The van der Waals surface area contributed by atoms with Gasteiger partial charge in [-0.25, -0.2) is 0 Å². The molecule has 2 rings (SSSR count). The van der Waals surface area contributed by atoms with Crippen LogP contribution in [0.4, 0.5) is 0 Å². The van der Waals surface area contributed by atoms with Crippen molar-refractivity contribution >= 4 is 35.0 Å². The van der Waals surface area contributed by atoms with Crippen LogP contribution in [0.25, 0.3) is 0 Å². The summed E-state index contributed by atoms with van der Waals surface area (Å²) >= 11 is 11.9. The number of amides is 2. The lowest BCUT2D eigenvalue weighted by molar-refractivity contribution is -0.132. The van der Waals surface area contributed by atoms with Crippen molar-refractivity contribution < 1.29 is 9.59 Å². The van der Waals surface area contributed by atoms with Gasteiger partial charge < -0.3 is 10.2 Å². The quantitative estimate of drug-likeness (QED) is 0.829. The Morgan fingerprint density at radius 2 is 2.08 bits per heavy atom. The van der Waals surface area contributed by atoms with Gasteiger partial charge in [0, 0.05) is 42.5 Å². The normalized spacial score (nSPS) is 17.6. The lowest BCUT2D eigenvalue weighted by Gasteiger charge is -2.31. The highest BCUT2D eigenvalue weighted by Gasteiger charge is 2.20. The number of hydrogen-bond donors (Lipinski definition) is 1. The van der Waals surface area contributed by atoms with Crippen LogP contribution >= 0.6 is 23.2 Å². The monoisotopic (exact) mass is 370 g/mol. The van der Waals surface area contributed by atoms with Gasteiger partial charge in [-0.2, -0.15) is 0 Å². The summed E-state index contributed by atoms with van der Waals surface area (Å²) in [5.74, 6) is 0.629. The molecule has 0 bridgehead atoms. The van der Waals surface area contributed by atoms with Gasteiger partial charge in [0.25, 0.3) is 0 Å². The van der Waals surface area contributed by atoms with Gasteiger partial charge in [0.15, 0.2) is 0 Å². The number of nitrogens with one attached hydrogen (secondary N) is 1. The predicted molar refractivity (Wildman–Crippen MR) is 97.4 cm³/mol. The maximum absolute atomic E-state index is 12.1. The molecule has 0 saturated carbocycles. The van der Waals surface area contributed by atoms with Crippen molar-refractivity contribution in [2.24, 2.45) is 5.92 Å². The van der Waals surface area contributed by atoms with E-state index in [0.29, 0.717) is 41.8 Å². The van der Waals surface area contributed by atoms with Crippen LogP contribution in [-0.2, 0) is 16.0 Å². The van der Waals surface area contributed by atoms with Crippen molar-refractivity contribution in [2.75, 3.05) is 19.6 Å². The Hall–Kier alpha value is -1.26. The summed E-state index contributed by atoms with van der Waals surface area (Å²) in [5.41, 5.74) is 0.898. The summed E-state index contributed by atoms with van der Waals surface area (Å²) < 4.78 is 0. The summed E-state index contributed by atoms with van der Waals surface area (Å²) in [6.07, 6.45) is 3.52. The van der Waals surface area contributed by atoms with Crippen molar-refractivity contribution in [2.45, 2.75) is 39.0 Å². The maximum atomic E-state index is 12.1. The predicted octanol–water partition coefficient (Wildman–Crippen LogP) is 3.69. The zero-order valence-electron chi connectivity index (χ0n) is 14.0. The molecule has 1 unspecified atom stereocenters. The van der Waals surface area contributed by atoms with E-state index in [1.807, 2.05) is 11.0 Å². The van der Waals surface area contributed by atoms with Gasteiger partial charge in [-0.3, -0.25) is 9.59 Å². The van der Waals surface area contributed by atoms with Crippen LogP contribution in [0.3, 0.4) is 0 Å². The number of nitrogens with zero attached hydrogens (tertiary/aromatic N) is 1. The molecule has 1 saturated heterocycles. The second-order valence-electron chi connectivity index (χ2n) is 6.42. The molecule has 6 heteroatoms. The molecule has 24 heavy (non-hydrogen) atoms. The topological polar surface area (TPSA) is 49.4 Å². The summed E-state index contributed by atoms with van der Waals surface area (Å²) in [6, 6.07) is 5.27. The number of aryl methyl sites for hydroxylation is 1. The second kappa shape index (κ2) is 9.28. The fourth-order valence-electron chi connectivity index (χ4n) is 2.94. The van der Waals surface area contributed by atoms with E-state index in [1.165, 1.54) is 6.42 Å². The molecule has 1 aromatic carbocycles. The first-order valence-electron chi connectivity index (χ1n) is 8.44.